The number of nitrogens with one attached hydrogen (secondary N) is 2. The van der Waals surface area contributed by atoms with Crippen molar-refractivity contribution in [3.63, 3.8) is 0 Å². The predicted octanol–water partition coefficient (Wildman–Crippen LogP) is 3.67. The average molecular weight is 557 g/mol. The number of rotatable bonds is 9. The zero-order valence-electron chi connectivity index (χ0n) is 16.7. The molecule has 0 unspecified atom stereocenters. The van der Waals surface area contributed by atoms with Crippen molar-refractivity contribution in [1.29, 1.82) is 0 Å². The molecule has 2 rings (SSSR count). The molecule has 2 heterocycles. The van der Waals surface area contributed by atoms with Crippen LogP contribution in [0.1, 0.15) is 28.5 Å². The van der Waals surface area contributed by atoms with Gasteiger partial charge in [0.1, 0.15) is 4.21 Å². The number of guanidine groups is 1. The number of thiophene rings is 2. The average Bonchev–Trinajstić information content (AvgIpc) is 3.28. The van der Waals surface area contributed by atoms with E-state index in [0.717, 1.165) is 23.8 Å². The fourth-order valence-electron chi connectivity index (χ4n) is 2.60. The van der Waals surface area contributed by atoms with Crippen LogP contribution in [-0.2, 0) is 23.0 Å². The smallest absolute Gasteiger partial charge is 0.252 e. The normalized spacial score (nSPS) is 12.1. The number of aryl methyl sites for hydroxylation is 1. The van der Waals surface area contributed by atoms with Gasteiger partial charge in [0.25, 0.3) is 10.0 Å². The van der Waals surface area contributed by atoms with E-state index in [1.54, 1.807) is 24.5 Å². The van der Waals surface area contributed by atoms with Crippen LogP contribution in [0.2, 0.25) is 0 Å². The molecule has 0 bridgehead atoms. The molecule has 0 spiro atoms. The second kappa shape index (κ2) is 12.1. The number of halogens is 1. The predicted molar refractivity (Wildman–Crippen MR) is 131 cm³/mol. The monoisotopic (exact) mass is 556 g/mol. The first-order chi connectivity index (χ1) is 12.9. The molecular weight excluding hydrogens is 527 g/mol. The summed E-state index contributed by atoms with van der Waals surface area (Å²) < 4.78 is 27.0. The molecule has 2 aromatic rings. The number of aliphatic imine (C=N–C) groups is 1. The Balaban J connectivity index is 0.00000392. The fraction of sp³-hybridized carbons (Fsp3) is 0.500. The zero-order chi connectivity index (χ0) is 19.9. The van der Waals surface area contributed by atoms with Crippen molar-refractivity contribution in [2.24, 2.45) is 4.99 Å². The van der Waals surface area contributed by atoms with E-state index < -0.39 is 10.0 Å². The van der Waals surface area contributed by atoms with Crippen LogP contribution < -0.4 is 10.6 Å². The minimum atomic E-state index is -3.37. The van der Waals surface area contributed by atoms with Crippen molar-refractivity contribution in [2.45, 2.75) is 37.9 Å². The minimum Gasteiger partial charge on any atom is -0.356 e. The van der Waals surface area contributed by atoms with Crippen LogP contribution in [0.3, 0.4) is 0 Å². The highest BCUT2D eigenvalue weighted by atomic mass is 127. The number of hydrogen-bond acceptors (Lipinski definition) is 5. The van der Waals surface area contributed by atoms with Gasteiger partial charge in [-0.2, -0.15) is 4.31 Å². The van der Waals surface area contributed by atoms with Crippen molar-refractivity contribution in [1.82, 2.24) is 14.9 Å². The molecule has 10 heteroatoms. The summed E-state index contributed by atoms with van der Waals surface area (Å²) in [6.45, 7) is 8.21. The molecule has 0 saturated heterocycles. The Bertz CT molecular complexity index is 858. The fourth-order valence-corrected chi connectivity index (χ4v) is 6.40. The summed E-state index contributed by atoms with van der Waals surface area (Å²) in [5.41, 5.74) is 0. The van der Waals surface area contributed by atoms with Gasteiger partial charge in [0, 0.05) is 41.3 Å². The van der Waals surface area contributed by atoms with Gasteiger partial charge in [0.2, 0.25) is 0 Å². The van der Waals surface area contributed by atoms with Crippen molar-refractivity contribution in [3.05, 3.63) is 38.9 Å². The molecule has 0 amide bonds. The first kappa shape index (κ1) is 25.3. The van der Waals surface area contributed by atoms with E-state index in [2.05, 4.69) is 34.7 Å². The molecular formula is C18H29IN4O2S3. The van der Waals surface area contributed by atoms with E-state index in [1.165, 1.54) is 25.4 Å². The van der Waals surface area contributed by atoms with Gasteiger partial charge in [0.05, 0.1) is 6.54 Å². The Hall–Kier alpha value is -0.690. The van der Waals surface area contributed by atoms with Gasteiger partial charge in [-0.1, -0.05) is 13.8 Å². The zero-order valence-corrected chi connectivity index (χ0v) is 21.5. The van der Waals surface area contributed by atoms with Gasteiger partial charge in [-0.3, -0.25) is 4.99 Å². The summed E-state index contributed by atoms with van der Waals surface area (Å²) in [5, 5.41) is 6.57. The lowest BCUT2D eigenvalue weighted by Gasteiger charge is -2.16. The molecule has 28 heavy (non-hydrogen) atoms. The van der Waals surface area contributed by atoms with E-state index in [4.69, 9.17) is 0 Å². The van der Waals surface area contributed by atoms with Crippen LogP contribution in [0.25, 0.3) is 0 Å². The summed E-state index contributed by atoms with van der Waals surface area (Å²) in [6, 6.07) is 7.83. The first-order valence-electron chi connectivity index (χ1n) is 8.99. The molecule has 6 nitrogen and oxygen atoms in total. The SMILES string of the molecule is CCN(CC)S(=O)(=O)c1ccc(CCNC(=NC)NCc2ccc(C)s2)s1.I. The maximum Gasteiger partial charge on any atom is 0.252 e. The van der Waals surface area contributed by atoms with Gasteiger partial charge >= 0.3 is 0 Å². The maximum atomic E-state index is 12.6. The third-order valence-electron chi connectivity index (χ3n) is 4.05. The van der Waals surface area contributed by atoms with Crippen LogP contribution in [0.15, 0.2) is 33.5 Å². The Labute approximate surface area is 193 Å². The first-order valence-corrected chi connectivity index (χ1v) is 12.1. The van der Waals surface area contributed by atoms with E-state index in [9.17, 15) is 8.42 Å². The Morgan fingerprint density at radius 3 is 2.32 bits per heavy atom. The molecule has 0 radical (unpaired) electrons. The van der Waals surface area contributed by atoms with E-state index in [1.807, 2.05) is 19.9 Å². The molecule has 0 aliphatic heterocycles. The molecule has 2 N–H and O–H groups in total. The highest BCUT2D eigenvalue weighted by molar-refractivity contribution is 14.0. The molecule has 0 aliphatic carbocycles. The van der Waals surface area contributed by atoms with Crippen molar-refractivity contribution < 1.29 is 8.42 Å². The highest BCUT2D eigenvalue weighted by Gasteiger charge is 2.23. The third kappa shape index (κ3) is 6.97. The van der Waals surface area contributed by atoms with Crippen LogP contribution >= 0.6 is 46.7 Å². The van der Waals surface area contributed by atoms with E-state index >= 15 is 0 Å². The molecule has 0 atom stereocenters. The van der Waals surface area contributed by atoms with E-state index in [0.29, 0.717) is 23.8 Å². The Kier molecular flexibility index (Phi) is 11.0. The lowest BCUT2D eigenvalue weighted by molar-refractivity contribution is 0.447. The minimum absolute atomic E-state index is 0. The second-order valence-corrected chi connectivity index (χ2v) is 10.6. The van der Waals surface area contributed by atoms with Gasteiger partial charge in [-0.25, -0.2) is 8.42 Å². The standard InChI is InChI=1S/C18H28N4O2S3.HI/c1-5-22(6-2)27(23,24)17-10-9-15(26-17)11-12-20-18(19-4)21-13-16-8-7-14(3)25-16;/h7-10H,5-6,11-13H2,1-4H3,(H2,19,20,21);1H. The second-order valence-electron chi connectivity index (χ2n) is 5.92. The molecule has 158 valence electrons. The van der Waals surface area contributed by atoms with E-state index in [-0.39, 0.29) is 24.0 Å². The molecule has 2 aromatic heterocycles. The lowest BCUT2D eigenvalue weighted by Crippen LogP contribution is -2.37. The number of sulfonamides is 1. The Morgan fingerprint density at radius 2 is 1.75 bits per heavy atom. The third-order valence-corrected chi connectivity index (χ3v) is 8.71. The number of hydrogen-bond donors (Lipinski definition) is 2. The summed E-state index contributed by atoms with van der Waals surface area (Å²) in [5.74, 6) is 0.744. The quantitative estimate of drug-likeness (QED) is 0.281. The Morgan fingerprint density at radius 1 is 1.07 bits per heavy atom. The number of nitrogens with zero attached hydrogens (tertiary/aromatic N) is 2. The summed E-state index contributed by atoms with van der Waals surface area (Å²) in [4.78, 5) is 7.83. The highest BCUT2D eigenvalue weighted by Crippen LogP contribution is 2.25. The van der Waals surface area contributed by atoms with Crippen LogP contribution in [0, 0.1) is 6.92 Å². The van der Waals surface area contributed by atoms with Gasteiger partial charge in [0.15, 0.2) is 5.96 Å². The molecule has 0 fully saturated rings. The maximum absolute atomic E-state index is 12.6. The van der Waals surface area contributed by atoms with Crippen LogP contribution in [-0.4, -0.2) is 45.4 Å². The largest absolute Gasteiger partial charge is 0.356 e. The summed E-state index contributed by atoms with van der Waals surface area (Å²) in [7, 11) is -1.62. The topological polar surface area (TPSA) is 73.8 Å². The van der Waals surface area contributed by atoms with Gasteiger partial charge in [-0.05, 0) is 37.6 Å². The van der Waals surface area contributed by atoms with Crippen molar-refractivity contribution in [3.8, 4) is 0 Å². The van der Waals surface area contributed by atoms with Crippen LogP contribution in [0.4, 0.5) is 0 Å². The summed E-state index contributed by atoms with van der Waals surface area (Å²) >= 11 is 3.11. The van der Waals surface area contributed by atoms with Gasteiger partial charge in [-0.15, -0.1) is 46.7 Å². The summed E-state index contributed by atoms with van der Waals surface area (Å²) in [6.07, 6.45) is 0.747. The van der Waals surface area contributed by atoms with Gasteiger partial charge < -0.3 is 10.6 Å². The molecule has 0 aromatic carbocycles. The van der Waals surface area contributed by atoms with Crippen molar-refractivity contribution >= 4 is 62.6 Å². The van der Waals surface area contributed by atoms with Crippen molar-refractivity contribution in [2.75, 3.05) is 26.7 Å². The molecule has 0 saturated carbocycles. The lowest BCUT2D eigenvalue weighted by atomic mass is 10.3. The molecule has 0 aliphatic rings. The van der Waals surface area contributed by atoms with Crippen LogP contribution in [0.5, 0.6) is 0 Å².